The number of aromatic carboxylic acids is 1. The standard InChI is InChI=1S/C8H6N2O2.K/c11-8(12)6-4-7-9-2-1-3-10(7)5-6;/h1-5H,(H,11,12);/q;+1/p-1. The van der Waals surface area contributed by atoms with Crippen molar-refractivity contribution in [2.45, 2.75) is 0 Å². The summed E-state index contributed by atoms with van der Waals surface area (Å²) in [7, 11) is 0. The number of carbonyl (C=O) groups is 1. The largest absolute Gasteiger partial charge is 1.00 e. The van der Waals surface area contributed by atoms with Crippen molar-refractivity contribution < 1.29 is 61.3 Å². The average molecular weight is 200 g/mol. The Morgan fingerprint density at radius 3 is 2.92 bits per heavy atom. The molecule has 0 amide bonds. The molecular formula is C8H5KN2O2. The third-order valence-electron chi connectivity index (χ3n) is 1.60. The minimum Gasteiger partial charge on any atom is -0.545 e. The van der Waals surface area contributed by atoms with Crippen molar-refractivity contribution in [1.82, 2.24) is 9.38 Å². The maximum Gasteiger partial charge on any atom is 1.00 e. The van der Waals surface area contributed by atoms with Crippen LogP contribution >= 0.6 is 0 Å². The molecule has 2 aromatic heterocycles. The Kier molecular flexibility index (Phi) is 3.63. The number of carbonyl (C=O) groups excluding carboxylic acids is 1. The van der Waals surface area contributed by atoms with Gasteiger partial charge in [-0.1, -0.05) is 0 Å². The second kappa shape index (κ2) is 4.34. The van der Waals surface area contributed by atoms with E-state index in [0.29, 0.717) is 5.65 Å². The summed E-state index contributed by atoms with van der Waals surface area (Å²) in [6, 6.07) is 3.20. The van der Waals surface area contributed by atoms with E-state index in [2.05, 4.69) is 4.98 Å². The molecule has 0 aliphatic heterocycles. The van der Waals surface area contributed by atoms with Gasteiger partial charge in [0.05, 0.1) is 5.97 Å². The van der Waals surface area contributed by atoms with Crippen LogP contribution in [0.15, 0.2) is 30.7 Å². The summed E-state index contributed by atoms with van der Waals surface area (Å²) in [5.74, 6) is -1.18. The van der Waals surface area contributed by atoms with Gasteiger partial charge in [0.25, 0.3) is 0 Å². The summed E-state index contributed by atoms with van der Waals surface area (Å²) >= 11 is 0. The number of aromatic nitrogens is 2. The average Bonchev–Trinajstić information content (AvgIpc) is 2.46. The van der Waals surface area contributed by atoms with Crippen molar-refractivity contribution in [3.05, 3.63) is 36.3 Å². The number of hydrogen-bond acceptors (Lipinski definition) is 3. The van der Waals surface area contributed by atoms with E-state index in [1.165, 1.54) is 12.3 Å². The first-order chi connectivity index (χ1) is 5.77. The second-order valence-electron chi connectivity index (χ2n) is 2.40. The molecule has 0 aromatic carbocycles. The zero-order valence-electron chi connectivity index (χ0n) is 7.10. The molecule has 2 rings (SSSR count). The molecule has 0 spiro atoms. The summed E-state index contributed by atoms with van der Waals surface area (Å²) in [6.07, 6.45) is 4.81. The van der Waals surface area contributed by atoms with Crippen molar-refractivity contribution in [3.63, 3.8) is 0 Å². The van der Waals surface area contributed by atoms with Gasteiger partial charge in [-0.15, -0.1) is 0 Å². The molecule has 0 saturated carbocycles. The Hall–Kier alpha value is -0.204. The van der Waals surface area contributed by atoms with Gasteiger partial charge in [-0.25, -0.2) is 4.98 Å². The van der Waals surface area contributed by atoms with Crippen molar-refractivity contribution >= 4 is 11.6 Å². The van der Waals surface area contributed by atoms with Gasteiger partial charge < -0.3 is 14.3 Å². The third kappa shape index (κ3) is 2.18. The first kappa shape index (κ1) is 10.9. The van der Waals surface area contributed by atoms with Crippen LogP contribution in [0.25, 0.3) is 5.65 Å². The van der Waals surface area contributed by atoms with Crippen molar-refractivity contribution in [1.29, 1.82) is 0 Å². The van der Waals surface area contributed by atoms with E-state index in [1.54, 1.807) is 22.9 Å². The van der Waals surface area contributed by atoms with E-state index < -0.39 is 5.97 Å². The predicted molar refractivity (Wildman–Crippen MR) is 39.5 cm³/mol. The fraction of sp³-hybridized carbons (Fsp3) is 0. The fourth-order valence-electron chi connectivity index (χ4n) is 1.05. The Balaban J connectivity index is 0.000000845. The minimum atomic E-state index is -1.18. The Labute approximate surface area is 117 Å². The van der Waals surface area contributed by atoms with Crippen LogP contribution in [-0.4, -0.2) is 15.4 Å². The monoisotopic (exact) mass is 200 g/mol. The number of fused-ring (bicyclic) bond motifs is 1. The molecule has 0 radical (unpaired) electrons. The van der Waals surface area contributed by atoms with Crippen LogP contribution in [-0.2, 0) is 0 Å². The van der Waals surface area contributed by atoms with Gasteiger partial charge in [-0.3, -0.25) is 0 Å². The fourth-order valence-corrected chi connectivity index (χ4v) is 1.05. The molecule has 60 valence electrons. The van der Waals surface area contributed by atoms with Crippen LogP contribution in [0.3, 0.4) is 0 Å². The van der Waals surface area contributed by atoms with E-state index in [0.717, 1.165) is 0 Å². The van der Waals surface area contributed by atoms with Crippen molar-refractivity contribution in [2.24, 2.45) is 0 Å². The predicted octanol–water partition coefficient (Wildman–Crippen LogP) is -3.30. The molecule has 0 N–H and O–H groups in total. The van der Waals surface area contributed by atoms with Gasteiger partial charge >= 0.3 is 51.4 Å². The van der Waals surface area contributed by atoms with Gasteiger partial charge in [0.2, 0.25) is 0 Å². The molecule has 2 heterocycles. The van der Waals surface area contributed by atoms with Gasteiger partial charge in [-0.05, 0) is 12.1 Å². The zero-order chi connectivity index (χ0) is 8.55. The SMILES string of the molecule is O=C([O-])c1cc2ncccn2c1.[K+]. The molecule has 0 fully saturated rings. The van der Waals surface area contributed by atoms with Crippen LogP contribution in [0, 0.1) is 0 Å². The maximum absolute atomic E-state index is 10.4. The van der Waals surface area contributed by atoms with E-state index in [4.69, 9.17) is 0 Å². The first-order valence-electron chi connectivity index (χ1n) is 3.41. The summed E-state index contributed by atoms with van der Waals surface area (Å²) in [5, 5.41) is 10.4. The van der Waals surface area contributed by atoms with E-state index in [1.807, 2.05) is 0 Å². The number of rotatable bonds is 1. The molecule has 0 unspecified atom stereocenters. The van der Waals surface area contributed by atoms with Crippen LogP contribution in [0.4, 0.5) is 0 Å². The molecule has 13 heavy (non-hydrogen) atoms. The van der Waals surface area contributed by atoms with Crippen molar-refractivity contribution in [3.8, 4) is 0 Å². The Morgan fingerprint density at radius 1 is 1.54 bits per heavy atom. The molecule has 5 heteroatoms. The van der Waals surface area contributed by atoms with Gasteiger partial charge in [0.1, 0.15) is 5.65 Å². The Bertz CT molecular complexity index is 405. The Morgan fingerprint density at radius 2 is 2.31 bits per heavy atom. The maximum atomic E-state index is 10.4. The second-order valence-corrected chi connectivity index (χ2v) is 2.40. The molecule has 0 saturated heterocycles. The van der Waals surface area contributed by atoms with Crippen LogP contribution in [0.5, 0.6) is 0 Å². The molecule has 0 aliphatic rings. The molecular weight excluding hydrogens is 195 g/mol. The van der Waals surface area contributed by atoms with Crippen LogP contribution in [0.1, 0.15) is 10.4 Å². The summed E-state index contributed by atoms with van der Waals surface area (Å²) < 4.78 is 1.63. The third-order valence-corrected chi connectivity index (χ3v) is 1.60. The molecule has 0 bridgehead atoms. The number of nitrogens with zero attached hydrogens (tertiary/aromatic N) is 2. The minimum absolute atomic E-state index is 0. The molecule has 0 atom stereocenters. The topological polar surface area (TPSA) is 57.4 Å². The normalized spacial score (nSPS) is 9.54. The quantitative estimate of drug-likeness (QED) is 0.453. The van der Waals surface area contributed by atoms with E-state index in [-0.39, 0.29) is 56.9 Å². The van der Waals surface area contributed by atoms with E-state index in [9.17, 15) is 9.90 Å². The van der Waals surface area contributed by atoms with Crippen LogP contribution in [0.2, 0.25) is 0 Å². The van der Waals surface area contributed by atoms with Crippen molar-refractivity contribution in [2.75, 3.05) is 0 Å². The van der Waals surface area contributed by atoms with Gasteiger partial charge in [0.15, 0.2) is 0 Å². The number of carboxylic acids is 1. The summed E-state index contributed by atoms with van der Waals surface area (Å²) in [5.41, 5.74) is 0.755. The van der Waals surface area contributed by atoms with Gasteiger partial charge in [-0.2, -0.15) is 0 Å². The number of hydrogen-bond donors (Lipinski definition) is 0. The van der Waals surface area contributed by atoms with E-state index >= 15 is 0 Å². The smallest absolute Gasteiger partial charge is 0.545 e. The molecule has 4 nitrogen and oxygen atoms in total. The molecule has 2 aromatic rings. The summed E-state index contributed by atoms with van der Waals surface area (Å²) in [4.78, 5) is 14.4. The number of carboxylic acid groups (broad SMARTS) is 1. The summed E-state index contributed by atoms with van der Waals surface area (Å²) in [6.45, 7) is 0. The van der Waals surface area contributed by atoms with Gasteiger partial charge in [0, 0.05) is 24.2 Å². The zero-order valence-corrected chi connectivity index (χ0v) is 10.2. The molecule has 0 aliphatic carbocycles. The first-order valence-corrected chi connectivity index (χ1v) is 3.41. The van der Waals surface area contributed by atoms with Crippen LogP contribution < -0.4 is 56.5 Å².